The summed E-state index contributed by atoms with van der Waals surface area (Å²) >= 11 is 0. The Morgan fingerprint density at radius 3 is 2.11 bits per heavy atom. The van der Waals surface area contributed by atoms with Crippen molar-refractivity contribution in [3.63, 3.8) is 0 Å². The third-order valence-electron chi connectivity index (χ3n) is 4.50. The first-order chi connectivity index (χ1) is 16.6. The largest absolute Gasteiger partial charge is 0.484 e. The highest BCUT2D eigenvalue weighted by Gasteiger charge is 2.34. The average molecular weight is 536 g/mol. The van der Waals surface area contributed by atoms with E-state index in [4.69, 9.17) is 4.74 Å². The summed E-state index contributed by atoms with van der Waals surface area (Å²) < 4.78 is 122. The van der Waals surface area contributed by atoms with Crippen LogP contribution in [-0.4, -0.2) is 20.9 Å². The maximum atomic E-state index is 13.3. The summed E-state index contributed by atoms with van der Waals surface area (Å²) in [7, 11) is -4.26. The molecular weight excluding hydrogens is 521 g/mol. The number of nitrogens with one attached hydrogen (secondary N) is 2. The van der Waals surface area contributed by atoms with Crippen molar-refractivity contribution in [1.29, 1.82) is 0 Å². The molecule has 3 aromatic rings. The van der Waals surface area contributed by atoms with E-state index in [1.807, 2.05) is 4.72 Å². The zero-order chi connectivity index (χ0) is 26.7. The van der Waals surface area contributed by atoms with Gasteiger partial charge in [-0.2, -0.15) is 26.3 Å². The van der Waals surface area contributed by atoms with Crippen LogP contribution in [0.3, 0.4) is 0 Å². The quantitative estimate of drug-likeness (QED) is 0.381. The van der Waals surface area contributed by atoms with Gasteiger partial charge in [0.2, 0.25) is 0 Å². The van der Waals surface area contributed by atoms with Gasteiger partial charge in [0, 0.05) is 11.4 Å². The van der Waals surface area contributed by atoms with E-state index in [-0.39, 0.29) is 22.0 Å². The Morgan fingerprint density at radius 2 is 1.50 bits per heavy atom. The molecule has 36 heavy (non-hydrogen) atoms. The topological polar surface area (TPSA) is 84.5 Å². The fourth-order valence-electron chi connectivity index (χ4n) is 2.85. The zero-order valence-corrected chi connectivity index (χ0v) is 18.6. The lowest BCUT2D eigenvalue weighted by Gasteiger charge is -2.12. The van der Waals surface area contributed by atoms with E-state index in [0.29, 0.717) is 18.2 Å². The fraction of sp³-hybridized carbons (Fsp3) is 0.136. The maximum absolute atomic E-state index is 13.3. The molecule has 14 heteroatoms. The van der Waals surface area contributed by atoms with Gasteiger partial charge in [-0.3, -0.25) is 9.52 Å². The smallest absolute Gasteiger partial charge is 0.419 e. The minimum atomic E-state index is -4.96. The van der Waals surface area contributed by atoms with Crippen LogP contribution in [0.25, 0.3) is 0 Å². The lowest BCUT2D eigenvalue weighted by Crippen LogP contribution is -2.21. The lowest BCUT2D eigenvalue weighted by molar-refractivity contribution is -0.140. The van der Waals surface area contributed by atoms with E-state index < -0.39 is 51.8 Å². The second-order valence-corrected chi connectivity index (χ2v) is 8.87. The SMILES string of the molecule is O=C(COc1ccc(S(=O)(=O)Nc2cccc(C(F)(F)F)c2)cc1)Nc1ccc(F)c(C(F)(F)F)c1. The Morgan fingerprint density at radius 1 is 0.833 bits per heavy atom. The Kier molecular flexibility index (Phi) is 7.48. The number of hydrogen-bond donors (Lipinski definition) is 2. The minimum absolute atomic E-state index is 0.0123. The molecule has 0 aliphatic rings. The van der Waals surface area contributed by atoms with Gasteiger partial charge in [0.1, 0.15) is 11.6 Å². The van der Waals surface area contributed by atoms with Crippen LogP contribution in [0.4, 0.5) is 42.1 Å². The van der Waals surface area contributed by atoms with E-state index in [1.165, 1.54) is 0 Å². The number of benzene rings is 3. The van der Waals surface area contributed by atoms with Crippen molar-refractivity contribution < 1.29 is 48.7 Å². The molecule has 0 unspecified atom stereocenters. The Bertz CT molecular complexity index is 1360. The zero-order valence-electron chi connectivity index (χ0n) is 17.7. The monoisotopic (exact) mass is 536 g/mol. The molecule has 0 saturated carbocycles. The number of ether oxygens (including phenoxy) is 1. The van der Waals surface area contributed by atoms with Crippen LogP contribution in [0.2, 0.25) is 0 Å². The number of halogens is 7. The molecule has 0 bridgehead atoms. The molecule has 0 aromatic heterocycles. The summed E-state index contributed by atoms with van der Waals surface area (Å²) in [5, 5.41) is 2.11. The van der Waals surface area contributed by atoms with Gasteiger partial charge in [-0.15, -0.1) is 0 Å². The number of anilines is 2. The standard InChI is InChI=1S/C22H15F7N2O4S/c23-19-9-4-14(11-18(19)22(27,28)29)30-20(32)12-35-16-5-7-17(8-6-16)36(33,34)31-15-3-1-2-13(10-15)21(24,25)26/h1-11,31H,12H2,(H,30,32). The van der Waals surface area contributed by atoms with Crippen LogP contribution in [0, 0.1) is 5.82 Å². The van der Waals surface area contributed by atoms with Crippen molar-refractivity contribution in [2.24, 2.45) is 0 Å². The molecule has 0 aliphatic carbocycles. The first-order valence-corrected chi connectivity index (χ1v) is 11.2. The molecule has 0 fully saturated rings. The van der Waals surface area contributed by atoms with Gasteiger partial charge >= 0.3 is 12.4 Å². The van der Waals surface area contributed by atoms with Crippen LogP contribution in [0.15, 0.2) is 71.6 Å². The summed E-state index contributed by atoms with van der Waals surface area (Å²) in [4.78, 5) is 11.6. The molecule has 3 aromatic carbocycles. The first kappa shape index (κ1) is 26.8. The second kappa shape index (κ2) is 10.0. The predicted octanol–water partition coefficient (Wildman–Crippen LogP) is 5.68. The number of hydrogen-bond acceptors (Lipinski definition) is 4. The number of amides is 1. The van der Waals surface area contributed by atoms with Crippen molar-refractivity contribution in [2.75, 3.05) is 16.6 Å². The van der Waals surface area contributed by atoms with Crippen molar-refractivity contribution >= 4 is 27.3 Å². The summed E-state index contributed by atoms with van der Waals surface area (Å²) in [5.41, 5.74) is -3.23. The summed E-state index contributed by atoms with van der Waals surface area (Å²) in [6.07, 6.45) is -9.62. The fourth-order valence-corrected chi connectivity index (χ4v) is 3.90. The van der Waals surface area contributed by atoms with Gasteiger partial charge in [-0.05, 0) is 60.7 Å². The highest BCUT2D eigenvalue weighted by atomic mass is 32.2. The number of alkyl halides is 6. The molecular formula is C22H15F7N2O4S. The van der Waals surface area contributed by atoms with Gasteiger partial charge < -0.3 is 10.1 Å². The molecule has 192 valence electrons. The molecule has 0 atom stereocenters. The highest BCUT2D eigenvalue weighted by Crippen LogP contribution is 2.33. The highest BCUT2D eigenvalue weighted by molar-refractivity contribution is 7.92. The van der Waals surface area contributed by atoms with Gasteiger partial charge in [-0.25, -0.2) is 12.8 Å². The molecule has 0 radical (unpaired) electrons. The van der Waals surface area contributed by atoms with Crippen LogP contribution < -0.4 is 14.8 Å². The molecule has 2 N–H and O–H groups in total. The third-order valence-corrected chi connectivity index (χ3v) is 5.90. The molecule has 3 rings (SSSR count). The number of carbonyl (C=O) groups excluding carboxylic acids is 1. The van der Waals surface area contributed by atoms with Crippen molar-refractivity contribution in [2.45, 2.75) is 17.2 Å². The summed E-state index contributed by atoms with van der Waals surface area (Å²) in [5.74, 6) is -2.37. The van der Waals surface area contributed by atoms with Crippen LogP contribution in [0.1, 0.15) is 11.1 Å². The molecule has 0 saturated heterocycles. The number of carbonyl (C=O) groups is 1. The maximum Gasteiger partial charge on any atom is 0.419 e. The van der Waals surface area contributed by atoms with Crippen LogP contribution in [-0.2, 0) is 27.2 Å². The molecule has 0 spiro atoms. The number of rotatable bonds is 7. The lowest BCUT2D eigenvalue weighted by atomic mass is 10.2. The molecule has 1 amide bonds. The van der Waals surface area contributed by atoms with E-state index in [9.17, 15) is 43.9 Å². The van der Waals surface area contributed by atoms with E-state index in [0.717, 1.165) is 48.5 Å². The van der Waals surface area contributed by atoms with Gasteiger partial charge in [0.25, 0.3) is 15.9 Å². The average Bonchev–Trinajstić information content (AvgIpc) is 2.78. The van der Waals surface area contributed by atoms with E-state index in [1.54, 1.807) is 0 Å². The van der Waals surface area contributed by atoms with Crippen LogP contribution in [0.5, 0.6) is 5.75 Å². The van der Waals surface area contributed by atoms with Crippen molar-refractivity contribution in [3.05, 3.63) is 83.7 Å². The normalized spacial score (nSPS) is 12.2. The molecule has 6 nitrogen and oxygen atoms in total. The van der Waals surface area contributed by atoms with Crippen molar-refractivity contribution in [1.82, 2.24) is 0 Å². The first-order valence-electron chi connectivity index (χ1n) is 9.75. The van der Waals surface area contributed by atoms with Gasteiger partial charge in [0.15, 0.2) is 6.61 Å². The Hall–Kier alpha value is -3.81. The summed E-state index contributed by atoms with van der Waals surface area (Å²) in [6, 6.07) is 9.95. The molecule has 0 heterocycles. The minimum Gasteiger partial charge on any atom is -0.484 e. The predicted molar refractivity (Wildman–Crippen MR) is 114 cm³/mol. The third kappa shape index (κ3) is 6.87. The number of sulfonamides is 1. The van der Waals surface area contributed by atoms with Gasteiger partial charge in [-0.1, -0.05) is 6.07 Å². The van der Waals surface area contributed by atoms with Gasteiger partial charge in [0.05, 0.1) is 16.0 Å². The molecule has 0 aliphatic heterocycles. The Balaban J connectivity index is 1.61. The van der Waals surface area contributed by atoms with Crippen LogP contribution >= 0.6 is 0 Å². The second-order valence-electron chi connectivity index (χ2n) is 7.18. The Labute approximate surface area is 199 Å². The summed E-state index contributed by atoms with van der Waals surface area (Å²) in [6.45, 7) is -0.673. The van der Waals surface area contributed by atoms with Crippen molar-refractivity contribution in [3.8, 4) is 5.75 Å². The van der Waals surface area contributed by atoms with E-state index >= 15 is 0 Å². The van der Waals surface area contributed by atoms with E-state index in [2.05, 4.69) is 5.32 Å².